The predicted molar refractivity (Wildman–Crippen MR) is 96.6 cm³/mol. The van der Waals surface area contributed by atoms with Gasteiger partial charge in [0.1, 0.15) is 11.3 Å². The number of nitrogens with one attached hydrogen (secondary N) is 1. The van der Waals surface area contributed by atoms with E-state index in [1.165, 1.54) is 37.7 Å². The molecular weight excluding hydrogens is 336 g/mol. The number of benzene rings is 1. The van der Waals surface area contributed by atoms with Gasteiger partial charge >= 0.3 is 5.69 Å². The lowest BCUT2D eigenvalue weighted by atomic mass is 10.1. The van der Waals surface area contributed by atoms with Crippen molar-refractivity contribution in [1.82, 2.24) is 14.1 Å². The third-order valence-electron chi connectivity index (χ3n) is 4.09. The van der Waals surface area contributed by atoms with Crippen LogP contribution in [0, 0.1) is 0 Å². The molecule has 0 aliphatic heterocycles. The minimum absolute atomic E-state index is 0.0270. The second-order valence-electron chi connectivity index (χ2n) is 5.83. The highest BCUT2D eigenvalue weighted by Gasteiger charge is 2.15. The molecule has 0 spiro atoms. The van der Waals surface area contributed by atoms with Gasteiger partial charge in [-0.1, -0.05) is 12.1 Å². The first kappa shape index (κ1) is 17.3. The number of carbonyl (C=O) groups excluding carboxylic acids is 2. The molecule has 0 radical (unpaired) electrons. The van der Waals surface area contributed by atoms with Crippen LogP contribution in [0.4, 0.5) is 5.69 Å². The number of carbonyl (C=O) groups is 2. The number of hydrogen-bond donors (Lipinski definition) is 1. The van der Waals surface area contributed by atoms with Crippen LogP contribution in [0.3, 0.4) is 0 Å². The van der Waals surface area contributed by atoms with E-state index in [0.717, 1.165) is 4.57 Å². The molecule has 0 unspecified atom stereocenters. The molecule has 0 atom stereocenters. The van der Waals surface area contributed by atoms with Crippen molar-refractivity contribution < 1.29 is 9.59 Å². The van der Waals surface area contributed by atoms with Crippen LogP contribution < -0.4 is 16.6 Å². The topological polar surface area (TPSA) is 103 Å². The van der Waals surface area contributed by atoms with E-state index in [2.05, 4.69) is 10.3 Å². The molecule has 0 saturated heterocycles. The molecule has 2 aromatic heterocycles. The van der Waals surface area contributed by atoms with Gasteiger partial charge in [0.05, 0.1) is 11.1 Å². The second-order valence-corrected chi connectivity index (χ2v) is 5.83. The van der Waals surface area contributed by atoms with E-state index >= 15 is 0 Å². The van der Waals surface area contributed by atoms with Gasteiger partial charge in [-0.3, -0.25) is 23.5 Å². The third-order valence-corrected chi connectivity index (χ3v) is 4.09. The van der Waals surface area contributed by atoms with Gasteiger partial charge < -0.3 is 5.32 Å². The quantitative estimate of drug-likeness (QED) is 0.711. The van der Waals surface area contributed by atoms with E-state index in [1.807, 2.05) is 0 Å². The van der Waals surface area contributed by atoms with Crippen molar-refractivity contribution in [2.24, 2.45) is 14.1 Å². The monoisotopic (exact) mass is 352 g/mol. The molecule has 2 heterocycles. The molecular formula is C18H16N4O4. The maximum atomic E-state index is 12.5. The van der Waals surface area contributed by atoms with E-state index in [-0.39, 0.29) is 22.5 Å². The van der Waals surface area contributed by atoms with Gasteiger partial charge in [-0.2, -0.15) is 0 Å². The van der Waals surface area contributed by atoms with E-state index in [9.17, 15) is 19.2 Å². The van der Waals surface area contributed by atoms with E-state index in [1.54, 1.807) is 24.3 Å². The number of nitrogens with zero attached hydrogens (tertiary/aromatic N) is 3. The predicted octanol–water partition coefficient (Wildman–Crippen LogP) is 1.09. The second kappa shape index (κ2) is 6.40. The first-order valence-corrected chi connectivity index (χ1v) is 7.79. The van der Waals surface area contributed by atoms with Crippen molar-refractivity contribution in [3.63, 3.8) is 0 Å². The molecule has 26 heavy (non-hydrogen) atoms. The summed E-state index contributed by atoms with van der Waals surface area (Å²) in [6.45, 7) is 1.41. The maximum Gasteiger partial charge on any atom is 0.332 e. The van der Waals surface area contributed by atoms with Crippen LogP contribution in [-0.4, -0.2) is 25.8 Å². The first-order chi connectivity index (χ1) is 12.3. The van der Waals surface area contributed by atoms with Crippen LogP contribution in [0.1, 0.15) is 27.8 Å². The fourth-order valence-corrected chi connectivity index (χ4v) is 2.67. The number of pyridine rings is 1. The summed E-state index contributed by atoms with van der Waals surface area (Å²) in [4.78, 5) is 52.6. The highest BCUT2D eigenvalue weighted by atomic mass is 16.2. The minimum Gasteiger partial charge on any atom is -0.320 e. The number of anilines is 1. The average molecular weight is 352 g/mol. The van der Waals surface area contributed by atoms with Crippen LogP contribution in [0.2, 0.25) is 0 Å². The Morgan fingerprint density at radius 3 is 2.38 bits per heavy atom. The van der Waals surface area contributed by atoms with Gasteiger partial charge in [-0.15, -0.1) is 0 Å². The van der Waals surface area contributed by atoms with Crippen molar-refractivity contribution in [3.8, 4) is 0 Å². The molecule has 8 nitrogen and oxygen atoms in total. The number of Topliss-reactive ketones (excluding diaryl/α,β-unsaturated/α-hetero) is 1. The van der Waals surface area contributed by atoms with E-state index in [0.29, 0.717) is 11.3 Å². The summed E-state index contributed by atoms with van der Waals surface area (Å²) < 4.78 is 2.18. The fraction of sp³-hybridized carbons (Fsp3) is 0.167. The molecule has 132 valence electrons. The Labute approximate surface area is 147 Å². The van der Waals surface area contributed by atoms with E-state index in [4.69, 9.17) is 0 Å². The number of amides is 1. The summed E-state index contributed by atoms with van der Waals surface area (Å²) in [6.07, 6.45) is 0. The maximum absolute atomic E-state index is 12.5. The Balaban J connectivity index is 2.07. The van der Waals surface area contributed by atoms with Gasteiger partial charge in [-0.25, -0.2) is 9.78 Å². The molecule has 0 saturated carbocycles. The normalized spacial score (nSPS) is 10.7. The van der Waals surface area contributed by atoms with Crippen LogP contribution in [0.25, 0.3) is 11.0 Å². The molecule has 3 aromatic rings. The fourth-order valence-electron chi connectivity index (χ4n) is 2.67. The Morgan fingerprint density at radius 2 is 1.69 bits per heavy atom. The number of aromatic nitrogens is 3. The molecule has 0 bridgehead atoms. The Morgan fingerprint density at radius 1 is 1.00 bits per heavy atom. The van der Waals surface area contributed by atoms with Crippen molar-refractivity contribution >= 4 is 28.4 Å². The molecule has 8 heteroatoms. The van der Waals surface area contributed by atoms with Crippen molar-refractivity contribution in [2.45, 2.75) is 6.92 Å². The zero-order valence-electron chi connectivity index (χ0n) is 14.4. The molecule has 1 amide bonds. The van der Waals surface area contributed by atoms with Crippen molar-refractivity contribution in [2.75, 3.05) is 5.32 Å². The number of aryl methyl sites for hydroxylation is 1. The Kier molecular flexibility index (Phi) is 4.25. The molecule has 3 rings (SSSR count). The summed E-state index contributed by atoms with van der Waals surface area (Å²) in [5.74, 6) is -0.730. The van der Waals surface area contributed by atoms with Crippen LogP contribution in [-0.2, 0) is 14.1 Å². The van der Waals surface area contributed by atoms with Crippen LogP contribution >= 0.6 is 0 Å². The summed E-state index contributed by atoms with van der Waals surface area (Å²) in [5.41, 5.74) is -0.128. The molecule has 0 aliphatic rings. The van der Waals surface area contributed by atoms with Gasteiger partial charge in [0.2, 0.25) is 0 Å². The SMILES string of the molecule is CC(=O)c1ccccc1NC(=O)c1ccc2c(=O)n(C)c(=O)n(C)c2n1. The number of para-hydroxylation sites is 1. The number of fused-ring (bicyclic) bond motifs is 1. The highest BCUT2D eigenvalue weighted by Crippen LogP contribution is 2.17. The average Bonchev–Trinajstić information content (AvgIpc) is 2.64. The lowest BCUT2D eigenvalue weighted by Crippen LogP contribution is -2.37. The Hall–Kier alpha value is -3.55. The molecule has 0 fully saturated rings. The molecule has 1 aromatic carbocycles. The molecule has 1 N–H and O–H groups in total. The number of ketones is 1. The number of hydrogen-bond acceptors (Lipinski definition) is 5. The summed E-state index contributed by atoms with van der Waals surface area (Å²) in [7, 11) is 2.85. The van der Waals surface area contributed by atoms with E-state index < -0.39 is 17.2 Å². The van der Waals surface area contributed by atoms with Crippen molar-refractivity contribution in [3.05, 3.63) is 68.5 Å². The van der Waals surface area contributed by atoms with Crippen molar-refractivity contribution in [1.29, 1.82) is 0 Å². The smallest absolute Gasteiger partial charge is 0.320 e. The highest BCUT2D eigenvalue weighted by molar-refractivity contribution is 6.08. The largest absolute Gasteiger partial charge is 0.332 e. The van der Waals surface area contributed by atoms with Gasteiger partial charge in [0.15, 0.2) is 5.78 Å². The lowest BCUT2D eigenvalue weighted by molar-refractivity contribution is 0.101. The van der Waals surface area contributed by atoms with Gasteiger partial charge in [0.25, 0.3) is 11.5 Å². The number of rotatable bonds is 3. The first-order valence-electron chi connectivity index (χ1n) is 7.79. The van der Waals surface area contributed by atoms with Gasteiger partial charge in [-0.05, 0) is 31.2 Å². The summed E-state index contributed by atoms with van der Waals surface area (Å²) in [6, 6.07) is 9.48. The lowest BCUT2D eigenvalue weighted by Gasteiger charge is -2.10. The van der Waals surface area contributed by atoms with Crippen LogP contribution in [0.5, 0.6) is 0 Å². The van der Waals surface area contributed by atoms with Gasteiger partial charge in [0, 0.05) is 19.7 Å². The minimum atomic E-state index is -0.547. The summed E-state index contributed by atoms with van der Waals surface area (Å²) >= 11 is 0. The summed E-state index contributed by atoms with van der Waals surface area (Å²) in [5, 5.41) is 2.87. The zero-order valence-corrected chi connectivity index (χ0v) is 14.4. The standard InChI is InChI=1S/C18H16N4O4/c1-10(23)11-6-4-5-7-13(11)20-16(24)14-9-8-12-15(19-14)21(2)18(26)22(3)17(12)25/h4-9H,1-3H3,(H,20,24). The third kappa shape index (κ3) is 2.81. The van der Waals surface area contributed by atoms with Crippen LogP contribution in [0.15, 0.2) is 46.0 Å². The zero-order chi connectivity index (χ0) is 19.0. The Bertz CT molecular complexity index is 1170. The molecule has 0 aliphatic carbocycles.